The predicted octanol–water partition coefficient (Wildman–Crippen LogP) is 10.9. The largest absolute Gasteiger partial charge is 0.456 e. The van der Waals surface area contributed by atoms with Crippen LogP contribution in [-0.2, 0) is 0 Å². The SMILES string of the molecule is c1ccc(-c2nc(-c3ccc(-c4cccc5oc6ccccc6c45)c4ccccc34)nc(-c3cccc4oc5ncccc5c34)n2)cc1. The van der Waals surface area contributed by atoms with Crippen LogP contribution in [0.25, 0.3) is 100 Å². The summed E-state index contributed by atoms with van der Waals surface area (Å²) in [5, 5.41) is 6.20. The van der Waals surface area contributed by atoms with E-state index in [-0.39, 0.29) is 0 Å². The van der Waals surface area contributed by atoms with Crippen molar-refractivity contribution in [2.45, 2.75) is 0 Å². The lowest BCUT2D eigenvalue weighted by Gasteiger charge is -2.14. The van der Waals surface area contributed by atoms with Crippen LogP contribution >= 0.6 is 0 Å². The molecule has 0 aliphatic heterocycles. The van der Waals surface area contributed by atoms with Gasteiger partial charge in [-0.1, -0.05) is 103 Å². The van der Waals surface area contributed by atoms with Crippen LogP contribution in [0.15, 0.2) is 155 Å². The van der Waals surface area contributed by atoms with Crippen molar-refractivity contribution in [2.24, 2.45) is 0 Å². The quantitative estimate of drug-likeness (QED) is 0.196. The Morgan fingerprint density at radius 1 is 0.354 bits per heavy atom. The van der Waals surface area contributed by atoms with Crippen molar-refractivity contribution < 1.29 is 8.83 Å². The van der Waals surface area contributed by atoms with Crippen LogP contribution < -0.4 is 0 Å². The molecule has 4 aromatic heterocycles. The van der Waals surface area contributed by atoms with Crippen LogP contribution in [0.1, 0.15) is 0 Å². The van der Waals surface area contributed by atoms with Crippen molar-refractivity contribution in [2.75, 3.05) is 0 Å². The smallest absolute Gasteiger partial charge is 0.227 e. The zero-order valence-electron chi connectivity index (χ0n) is 25.5. The summed E-state index contributed by atoms with van der Waals surface area (Å²) >= 11 is 0. The van der Waals surface area contributed by atoms with Crippen molar-refractivity contribution >= 4 is 54.8 Å². The second-order valence-corrected chi connectivity index (χ2v) is 11.8. The minimum absolute atomic E-state index is 0.568. The first-order chi connectivity index (χ1) is 23.8. The van der Waals surface area contributed by atoms with E-state index in [4.69, 9.17) is 23.8 Å². The molecule has 6 nitrogen and oxygen atoms in total. The molecule has 0 saturated heterocycles. The van der Waals surface area contributed by atoms with E-state index in [0.29, 0.717) is 23.2 Å². The first-order valence-corrected chi connectivity index (χ1v) is 15.8. The zero-order chi connectivity index (χ0) is 31.6. The molecule has 10 rings (SSSR count). The third-order valence-electron chi connectivity index (χ3n) is 9.04. The van der Waals surface area contributed by atoms with Gasteiger partial charge in [-0.3, -0.25) is 0 Å². The van der Waals surface area contributed by atoms with Gasteiger partial charge in [-0.15, -0.1) is 0 Å². The summed E-state index contributed by atoms with van der Waals surface area (Å²) in [6.07, 6.45) is 1.74. The second kappa shape index (κ2) is 10.4. The van der Waals surface area contributed by atoms with E-state index in [9.17, 15) is 0 Å². The number of benzene rings is 6. The number of nitrogens with zero attached hydrogens (tertiary/aromatic N) is 4. The van der Waals surface area contributed by atoms with Gasteiger partial charge in [0.05, 0.1) is 0 Å². The monoisotopic (exact) mass is 616 g/mol. The Hall–Kier alpha value is -6.66. The van der Waals surface area contributed by atoms with Gasteiger partial charge < -0.3 is 8.83 Å². The Morgan fingerprint density at radius 3 is 1.77 bits per heavy atom. The van der Waals surface area contributed by atoms with E-state index in [2.05, 4.69) is 65.6 Å². The Morgan fingerprint density at radius 2 is 0.938 bits per heavy atom. The Labute approximate surface area is 274 Å². The zero-order valence-corrected chi connectivity index (χ0v) is 25.5. The molecule has 10 aromatic rings. The molecule has 0 amide bonds. The summed E-state index contributed by atoms with van der Waals surface area (Å²) in [7, 11) is 0. The highest BCUT2D eigenvalue weighted by Gasteiger charge is 2.20. The molecule has 0 aliphatic rings. The van der Waals surface area contributed by atoms with Crippen LogP contribution in [-0.4, -0.2) is 19.9 Å². The summed E-state index contributed by atoms with van der Waals surface area (Å²) < 4.78 is 12.4. The average Bonchev–Trinajstić information content (AvgIpc) is 3.73. The first kappa shape index (κ1) is 26.5. The molecule has 0 N–H and O–H groups in total. The van der Waals surface area contributed by atoms with E-state index in [1.54, 1.807) is 6.20 Å². The van der Waals surface area contributed by atoms with Crippen LogP contribution in [0, 0.1) is 0 Å². The third kappa shape index (κ3) is 4.06. The van der Waals surface area contributed by atoms with Gasteiger partial charge in [0.15, 0.2) is 17.5 Å². The third-order valence-corrected chi connectivity index (χ3v) is 9.04. The van der Waals surface area contributed by atoms with E-state index in [1.807, 2.05) is 78.9 Å². The number of hydrogen-bond acceptors (Lipinski definition) is 6. The minimum atomic E-state index is 0.568. The summed E-state index contributed by atoms with van der Waals surface area (Å²) in [4.78, 5) is 19.8. The van der Waals surface area contributed by atoms with Gasteiger partial charge in [0.1, 0.15) is 16.7 Å². The summed E-state index contributed by atoms with van der Waals surface area (Å²) in [6, 6.07) is 47.2. The molecule has 0 bridgehead atoms. The van der Waals surface area contributed by atoms with E-state index >= 15 is 0 Å². The lowest BCUT2D eigenvalue weighted by Crippen LogP contribution is -2.01. The summed E-state index contributed by atoms with van der Waals surface area (Å²) in [5.74, 6) is 1.76. The first-order valence-electron chi connectivity index (χ1n) is 15.8. The molecule has 4 heterocycles. The fraction of sp³-hybridized carbons (Fsp3) is 0. The number of rotatable bonds is 4. The number of fused-ring (bicyclic) bond motifs is 7. The lowest BCUT2D eigenvalue weighted by atomic mass is 9.92. The normalized spacial score (nSPS) is 11.8. The predicted molar refractivity (Wildman–Crippen MR) is 191 cm³/mol. The Bertz CT molecular complexity index is 2850. The molecule has 0 saturated carbocycles. The van der Waals surface area contributed by atoms with Crippen LogP contribution in [0.2, 0.25) is 0 Å². The standard InChI is InChI=1S/C42H24N4O2/c1-2-11-25(12-3-1)39-44-40(46-41(45-39)32-17-9-21-36-38(32)33-18-10-24-43-42(33)48-36)30-23-22-28(26-13-4-5-14-27(26)30)29-16-8-20-35-37(29)31-15-6-7-19-34(31)47-35/h1-24H. The van der Waals surface area contributed by atoms with Crippen molar-refractivity contribution in [1.82, 2.24) is 19.9 Å². The van der Waals surface area contributed by atoms with Crippen LogP contribution in [0.4, 0.5) is 0 Å². The van der Waals surface area contributed by atoms with Gasteiger partial charge in [-0.25, -0.2) is 19.9 Å². The van der Waals surface area contributed by atoms with Gasteiger partial charge in [-0.05, 0) is 58.3 Å². The second-order valence-electron chi connectivity index (χ2n) is 11.8. The van der Waals surface area contributed by atoms with E-state index in [1.165, 1.54) is 0 Å². The molecule has 48 heavy (non-hydrogen) atoms. The summed E-state index contributed by atoms with van der Waals surface area (Å²) in [6.45, 7) is 0. The average molecular weight is 617 g/mol. The highest BCUT2D eigenvalue weighted by molar-refractivity contribution is 6.16. The van der Waals surface area contributed by atoms with Crippen LogP contribution in [0.5, 0.6) is 0 Å². The van der Waals surface area contributed by atoms with Crippen LogP contribution in [0.3, 0.4) is 0 Å². The number of pyridine rings is 1. The maximum atomic E-state index is 6.24. The maximum Gasteiger partial charge on any atom is 0.227 e. The minimum Gasteiger partial charge on any atom is -0.456 e. The molecule has 0 fully saturated rings. The van der Waals surface area contributed by atoms with Crippen molar-refractivity contribution in [3.05, 3.63) is 146 Å². The topological polar surface area (TPSA) is 77.8 Å². The number of furan rings is 2. The molecule has 0 atom stereocenters. The molecule has 0 spiro atoms. The fourth-order valence-electron chi connectivity index (χ4n) is 6.91. The van der Waals surface area contributed by atoms with Gasteiger partial charge in [0.25, 0.3) is 0 Å². The highest BCUT2D eigenvalue weighted by atomic mass is 16.3. The van der Waals surface area contributed by atoms with Crippen molar-refractivity contribution in [1.29, 1.82) is 0 Å². The van der Waals surface area contributed by atoms with Gasteiger partial charge in [0, 0.05) is 44.4 Å². The molecule has 0 unspecified atom stereocenters. The number of para-hydroxylation sites is 1. The molecule has 0 radical (unpaired) electrons. The highest BCUT2D eigenvalue weighted by Crippen LogP contribution is 2.42. The molecule has 6 aromatic carbocycles. The van der Waals surface area contributed by atoms with Gasteiger partial charge >= 0.3 is 0 Å². The molecule has 224 valence electrons. The molecule has 6 heteroatoms. The number of hydrogen-bond donors (Lipinski definition) is 0. The maximum absolute atomic E-state index is 6.24. The summed E-state index contributed by atoms with van der Waals surface area (Å²) in [5.41, 5.74) is 7.99. The van der Waals surface area contributed by atoms with Gasteiger partial charge in [-0.2, -0.15) is 0 Å². The Kier molecular flexibility index (Phi) is 5.77. The Balaban J connectivity index is 1.23. The molecular formula is C42H24N4O2. The van der Waals surface area contributed by atoms with Crippen molar-refractivity contribution in [3.63, 3.8) is 0 Å². The molecule has 0 aliphatic carbocycles. The van der Waals surface area contributed by atoms with E-state index < -0.39 is 0 Å². The fourth-order valence-corrected chi connectivity index (χ4v) is 6.91. The number of aromatic nitrogens is 4. The molecular weight excluding hydrogens is 592 g/mol. The van der Waals surface area contributed by atoms with E-state index in [0.717, 1.165) is 76.9 Å². The van der Waals surface area contributed by atoms with Gasteiger partial charge in [0.2, 0.25) is 5.71 Å². The lowest BCUT2D eigenvalue weighted by molar-refractivity contribution is 0.654. The van der Waals surface area contributed by atoms with Crippen molar-refractivity contribution in [3.8, 4) is 45.3 Å².